The Balaban J connectivity index is 2.00. The van der Waals surface area contributed by atoms with Crippen LogP contribution in [-0.2, 0) is 11.2 Å². The summed E-state index contributed by atoms with van der Waals surface area (Å²) in [6.45, 7) is 4.38. The van der Waals surface area contributed by atoms with Crippen molar-refractivity contribution in [3.63, 3.8) is 0 Å². The topological polar surface area (TPSA) is 79.8 Å². The molecule has 122 valence electrons. The monoisotopic (exact) mass is 308 g/mol. The summed E-state index contributed by atoms with van der Waals surface area (Å²) in [7, 11) is 1.50. The van der Waals surface area contributed by atoms with Gasteiger partial charge in [0.15, 0.2) is 0 Å². The standard InChI is InChI=1S/C16H24N2O4/c1-16(2)8-7-11-5-4-6-13(14(11)22-16)18-15(20)17-9-12(19)10-21-3/h4-6,12,19H,7-10H2,1-3H3,(H2,17,18,20). The number of carbonyl (C=O) groups is 1. The van der Waals surface area contributed by atoms with Crippen LogP contribution < -0.4 is 15.4 Å². The summed E-state index contributed by atoms with van der Waals surface area (Å²) in [5.74, 6) is 0.728. The van der Waals surface area contributed by atoms with E-state index in [0.29, 0.717) is 5.69 Å². The molecule has 1 atom stereocenters. The van der Waals surface area contributed by atoms with Gasteiger partial charge in [-0.2, -0.15) is 0 Å². The van der Waals surface area contributed by atoms with Crippen LogP contribution in [0.4, 0.5) is 10.5 Å². The molecule has 6 heteroatoms. The largest absolute Gasteiger partial charge is 0.485 e. The Morgan fingerprint density at radius 1 is 1.50 bits per heavy atom. The molecule has 0 aromatic heterocycles. The summed E-state index contributed by atoms with van der Waals surface area (Å²) < 4.78 is 10.8. The molecule has 6 nitrogen and oxygen atoms in total. The number of aliphatic hydroxyl groups is 1. The predicted molar refractivity (Wildman–Crippen MR) is 84.4 cm³/mol. The van der Waals surface area contributed by atoms with Crippen molar-refractivity contribution in [1.29, 1.82) is 0 Å². The number of ether oxygens (including phenoxy) is 2. The van der Waals surface area contributed by atoms with Gasteiger partial charge in [0.2, 0.25) is 0 Å². The second kappa shape index (κ2) is 6.98. The molecular formula is C16H24N2O4. The molecule has 2 rings (SSSR count). The molecule has 1 aromatic carbocycles. The molecule has 0 fully saturated rings. The molecule has 3 N–H and O–H groups in total. The third kappa shape index (κ3) is 4.35. The van der Waals surface area contributed by atoms with E-state index < -0.39 is 6.10 Å². The van der Waals surface area contributed by atoms with Crippen LogP contribution in [-0.4, -0.2) is 43.1 Å². The summed E-state index contributed by atoms with van der Waals surface area (Å²) in [6, 6.07) is 5.34. The van der Waals surface area contributed by atoms with Gasteiger partial charge in [0, 0.05) is 13.7 Å². The van der Waals surface area contributed by atoms with Gasteiger partial charge in [-0.15, -0.1) is 0 Å². The highest BCUT2D eigenvalue weighted by Crippen LogP contribution is 2.38. The van der Waals surface area contributed by atoms with Crippen LogP contribution in [0.3, 0.4) is 0 Å². The first-order valence-electron chi connectivity index (χ1n) is 7.44. The molecule has 1 unspecified atom stereocenters. The van der Waals surface area contributed by atoms with Gasteiger partial charge in [-0.05, 0) is 38.3 Å². The first kappa shape index (κ1) is 16.6. The minimum absolute atomic E-state index is 0.126. The average molecular weight is 308 g/mol. The lowest BCUT2D eigenvalue weighted by Crippen LogP contribution is -2.37. The molecule has 0 radical (unpaired) electrons. The molecular weight excluding hydrogens is 284 g/mol. The quantitative estimate of drug-likeness (QED) is 0.776. The number of benzene rings is 1. The maximum absolute atomic E-state index is 11.9. The van der Waals surface area contributed by atoms with Crippen LogP contribution in [0.25, 0.3) is 0 Å². The normalized spacial score (nSPS) is 17.1. The molecule has 0 aliphatic carbocycles. The first-order valence-corrected chi connectivity index (χ1v) is 7.44. The van der Waals surface area contributed by atoms with E-state index in [4.69, 9.17) is 9.47 Å². The summed E-state index contributed by atoms with van der Waals surface area (Å²) >= 11 is 0. The Morgan fingerprint density at radius 3 is 3.00 bits per heavy atom. The zero-order valence-electron chi connectivity index (χ0n) is 13.3. The van der Waals surface area contributed by atoms with Crippen molar-refractivity contribution >= 4 is 11.7 Å². The number of hydrogen-bond acceptors (Lipinski definition) is 4. The van der Waals surface area contributed by atoms with Crippen molar-refractivity contribution in [2.75, 3.05) is 25.6 Å². The zero-order valence-corrected chi connectivity index (χ0v) is 13.3. The van der Waals surface area contributed by atoms with Gasteiger partial charge in [-0.3, -0.25) is 0 Å². The summed E-state index contributed by atoms with van der Waals surface area (Å²) in [6.07, 6.45) is 1.14. The van der Waals surface area contributed by atoms with Crippen molar-refractivity contribution in [3.05, 3.63) is 23.8 Å². The Hall–Kier alpha value is -1.79. The lowest BCUT2D eigenvalue weighted by Gasteiger charge is -2.33. The molecule has 1 aliphatic rings. The van der Waals surface area contributed by atoms with Gasteiger partial charge in [0.1, 0.15) is 11.4 Å². The van der Waals surface area contributed by atoms with Crippen molar-refractivity contribution < 1.29 is 19.4 Å². The Bertz CT molecular complexity index is 531. The number of fused-ring (bicyclic) bond motifs is 1. The molecule has 0 spiro atoms. The highest BCUT2D eigenvalue weighted by atomic mass is 16.5. The zero-order chi connectivity index (χ0) is 16.2. The maximum Gasteiger partial charge on any atom is 0.319 e. The van der Waals surface area contributed by atoms with E-state index in [9.17, 15) is 9.90 Å². The van der Waals surface area contributed by atoms with Gasteiger partial charge < -0.3 is 25.2 Å². The van der Waals surface area contributed by atoms with Crippen LogP contribution in [0.2, 0.25) is 0 Å². The number of para-hydroxylation sites is 1. The summed E-state index contributed by atoms with van der Waals surface area (Å²) in [4.78, 5) is 11.9. The molecule has 1 aliphatic heterocycles. The minimum Gasteiger partial charge on any atom is -0.485 e. The van der Waals surface area contributed by atoms with E-state index in [-0.39, 0.29) is 24.8 Å². The van der Waals surface area contributed by atoms with E-state index in [2.05, 4.69) is 10.6 Å². The number of hydrogen-bond donors (Lipinski definition) is 3. The van der Waals surface area contributed by atoms with E-state index in [0.717, 1.165) is 24.2 Å². The van der Waals surface area contributed by atoms with Crippen LogP contribution in [0.15, 0.2) is 18.2 Å². The van der Waals surface area contributed by atoms with Crippen LogP contribution in [0.1, 0.15) is 25.8 Å². The lowest BCUT2D eigenvalue weighted by molar-refractivity contribution is 0.0663. The Morgan fingerprint density at radius 2 is 2.27 bits per heavy atom. The maximum atomic E-state index is 11.9. The SMILES string of the molecule is COCC(O)CNC(=O)Nc1cccc2c1OC(C)(C)CC2. The average Bonchev–Trinajstić information content (AvgIpc) is 2.45. The third-order valence-corrected chi connectivity index (χ3v) is 3.58. The number of nitrogens with one attached hydrogen (secondary N) is 2. The predicted octanol–water partition coefficient (Wildman–Crippen LogP) is 1.92. The van der Waals surface area contributed by atoms with Gasteiger partial charge in [0.25, 0.3) is 0 Å². The third-order valence-electron chi connectivity index (χ3n) is 3.58. The molecule has 0 bridgehead atoms. The van der Waals surface area contributed by atoms with Crippen LogP contribution in [0.5, 0.6) is 5.75 Å². The second-order valence-electron chi connectivity index (χ2n) is 6.10. The van der Waals surface area contributed by atoms with Gasteiger partial charge in [-0.25, -0.2) is 4.79 Å². The van der Waals surface area contributed by atoms with Crippen molar-refractivity contribution in [2.45, 2.75) is 38.4 Å². The molecule has 22 heavy (non-hydrogen) atoms. The Kier molecular flexibility index (Phi) is 5.26. The number of methoxy groups -OCH3 is 1. The van der Waals surface area contributed by atoms with Crippen molar-refractivity contribution in [2.24, 2.45) is 0 Å². The molecule has 1 heterocycles. The number of amides is 2. The molecule has 0 saturated carbocycles. The van der Waals surface area contributed by atoms with E-state index in [1.807, 2.05) is 32.0 Å². The number of anilines is 1. The van der Waals surface area contributed by atoms with Crippen LogP contribution in [0, 0.1) is 0 Å². The van der Waals surface area contributed by atoms with Gasteiger partial charge >= 0.3 is 6.03 Å². The van der Waals surface area contributed by atoms with Gasteiger partial charge in [-0.1, -0.05) is 12.1 Å². The highest BCUT2D eigenvalue weighted by molar-refractivity contribution is 5.91. The fourth-order valence-electron chi connectivity index (χ4n) is 2.39. The fourth-order valence-corrected chi connectivity index (χ4v) is 2.39. The summed E-state index contributed by atoms with van der Waals surface area (Å²) in [5, 5.41) is 14.9. The lowest BCUT2D eigenvalue weighted by atomic mass is 9.94. The van der Waals surface area contributed by atoms with E-state index >= 15 is 0 Å². The Labute approximate surface area is 130 Å². The van der Waals surface area contributed by atoms with Gasteiger partial charge in [0.05, 0.1) is 18.4 Å². The van der Waals surface area contributed by atoms with Crippen molar-refractivity contribution in [1.82, 2.24) is 5.32 Å². The van der Waals surface area contributed by atoms with Crippen LogP contribution >= 0.6 is 0 Å². The van der Waals surface area contributed by atoms with E-state index in [1.54, 1.807) is 0 Å². The number of aryl methyl sites for hydroxylation is 1. The fraction of sp³-hybridized carbons (Fsp3) is 0.562. The number of aliphatic hydroxyl groups excluding tert-OH is 1. The molecule has 1 aromatic rings. The van der Waals surface area contributed by atoms with E-state index in [1.165, 1.54) is 7.11 Å². The number of carbonyl (C=O) groups excluding carboxylic acids is 1. The number of rotatable bonds is 5. The summed E-state index contributed by atoms with van der Waals surface area (Å²) in [5.41, 5.74) is 1.50. The first-order chi connectivity index (χ1) is 10.4. The molecule has 0 saturated heterocycles. The minimum atomic E-state index is -0.726. The van der Waals surface area contributed by atoms with Crippen molar-refractivity contribution in [3.8, 4) is 5.75 Å². The number of urea groups is 1. The highest BCUT2D eigenvalue weighted by Gasteiger charge is 2.28. The smallest absolute Gasteiger partial charge is 0.319 e. The molecule has 2 amide bonds. The second-order valence-corrected chi connectivity index (χ2v) is 6.10.